The van der Waals surface area contributed by atoms with E-state index in [1.807, 2.05) is 32.0 Å². The molecule has 0 aliphatic rings. The van der Waals surface area contributed by atoms with Crippen LogP contribution in [0, 0.1) is 25.5 Å². The average molecular weight is 276 g/mol. The van der Waals surface area contributed by atoms with Gasteiger partial charge in [0, 0.05) is 11.3 Å². The smallest absolute Gasteiger partial charge is 0.255 e. The number of benzene rings is 2. The molecule has 20 heavy (non-hydrogen) atoms. The summed E-state index contributed by atoms with van der Waals surface area (Å²) in [5, 5.41) is 2.66. The summed E-state index contributed by atoms with van der Waals surface area (Å²) in [6.07, 6.45) is 0. The van der Waals surface area contributed by atoms with Gasteiger partial charge in [-0.3, -0.25) is 4.79 Å². The van der Waals surface area contributed by atoms with Gasteiger partial charge in [0.25, 0.3) is 5.91 Å². The summed E-state index contributed by atoms with van der Waals surface area (Å²) in [4.78, 5) is 12.0. The Hall–Kier alpha value is -2.43. The Bertz CT molecular complexity index is 640. The number of nitrogens with one attached hydrogen (secondary N) is 1. The van der Waals surface area contributed by atoms with Crippen LogP contribution in [-0.2, 0) is 0 Å². The van der Waals surface area contributed by atoms with Crippen LogP contribution in [0.3, 0.4) is 0 Å². The topological polar surface area (TPSA) is 55.1 Å². The van der Waals surface area contributed by atoms with Crippen molar-refractivity contribution in [3.63, 3.8) is 0 Å². The molecule has 3 nitrogen and oxygen atoms in total. The van der Waals surface area contributed by atoms with Gasteiger partial charge in [-0.1, -0.05) is 18.2 Å². The summed E-state index contributed by atoms with van der Waals surface area (Å²) in [5.74, 6) is -2.48. The molecule has 0 aliphatic carbocycles. The van der Waals surface area contributed by atoms with Gasteiger partial charge in [0.05, 0.1) is 0 Å². The standard InChI is InChI=1S/C15H14F2N2O/c1-8-4-3-5-9(2)14(8)19-15(20)10-6-11(16)13(18)12(17)7-10/h3-7H,18H2,1-2H3,(H,19,20). The normalized spacial score (nSPS) is 10.4. The number of carbonyl (C=O) groups excluding carboxylic acids is 1. The van der Waals surface area contributed by atoms with Crippen molar-refractivity contribution < 1.29 is 13.6 Å². The van der Waals surface area contributed by atoms with Crippen molar-refractivity contribution in [3.05, 3.63) is 58.7 Å². The van der Waals surface area contributed by atoms with E-state index in [4.69, 9.17) is 5.73 Å². The zero-order valence-electron chi connectivity index (χ0n) is 11.1. The summed E-state index contributed by atoms with van der Waals surface area (Å²) in [6.45, 7) is 3.68. The van der Waals surface area contributed by atoms with Gasteiger partial charge in [-0.2, -0.15) is 0 Å². The molecule has 0 aliphatic heterocycles. The average Bonchev–Trinajstić information content (AvgIpc) is 2.39. The van der Waals surface area contributed by atoms with E-state index < -0.39 is 23.2 Å². The highest BCUT2D eigenvalue weighted by atomic mass is 19.1. The fourth-order valence-electron chi connectivity index (χ4n) is 1.91. The second kappa shape index (κ2) is 5.28. The molecule has 0 spiro atoms. The lowest BCUT2D eigenvalue weighted by atomic mass is 10.1. The molecule has 0 atom stereocenters. The van der Waals surface area contributed by atoms with Crippen molar-refractivity contribution in [2.24, 2.45) is 0 Å². The number of para-hydroxylation sites is 1. The third kappa shape index (κ3) is 2.61. The van der Waals surface area contributed by atoms with E-state index >= 15 is 0 Å². The van der Waals surface area contributed by atoms with E-state index in [-0.39, 0.29) is 5.56 Å². The van der Waals surface area contributed by atoms with Crippen LogP contribution < -0.4 is 11.1 Å². The van der Waals surface area contributed by atoms with Crippen LogP contribution in [0.25, 0.3) is 0 Å². The zero-order chi connectivity index (χ0) is 14.9. The van der Waals surface area contributed by atoms with E-state index in [0.29, 0.717) is 5.69 Å². The Kier molecular flexibility index (Phi) is 3.70. The highest BCUT2D eigenvalue weighted by molar-refractivity contribution is 6.05. The Balaban J connectivity index is 2.34. The number of nitrogens with two attached hydrogens (primary N) is 1. The van der Waals surface area contributed by atoms with Crippen molar-refractivity contribution in [1.82, 2.24) is 0 Å². The van der Waals surface area contributed by atoms with Gasteiger partial charge in [0.15, 0.2) is 0 Å². The number of nitrogen functional groups attached to an aromatic ring is 1. The minimum absolute atomic E-state index is 0.114. The number of hydrogen-bond acceptors (Lipinski definition) is 2. The van der Waals surface area contributed by atoms with E-state index in [1.165, 1.54) is 0 Å². The predicted octanol–water partition coefficient (Wildman–Crippen LogP) is 3.42. The number of carbonyl (C=O) groups is 1. The first-order valence-electron chi connectivity index (χ1n) is 6.02. The van der Waals surface area contributed by atoms with Gasteiger partial charge in [-0.25, -0.2) is 8.78 Å². The van der Waals surface area contributed by atoms with Crippen molar-refractivity contribution >= 4 is 17.3 Å². The molecular formula is C15H14F2N2O. The number of aryl methyl sites for hydroxylation is 2. The van der Waals surface area contributed by atoms with Crippen LogP contribution in [0.2, 0.25) is 0 Å². The maximum Gasteiger partial charge on any atom is 0.255 e. The second-order valence-corrected chi connectivity index (χ2v) is 4.57. The molecule has 2 aromatic carbocycles. The van der Waals surface area contributed by atoms with E-state index in [1.54, 1.807) is 0 Å². The lowest BCUT2D eigenvalue weighted by molar-refractivity contribution is 0.102. The van der Waals surface area contributed by atoms with Gasteiger partial charge in [-0.15, -0.1) is 0 Å². The molecule has 0 saturated carbocycles. The first-order valence-corrected chi connectivity index (χ1v) is 6.02. The van der Waals surface area contributed by atoms with Crippen LogP contribution in [0.1, 0.15) is 21.5 Å². The molecule has 0 heterocycles. The van der Waals surface area contributed by atoms with Gasteiger partial charge in [-0.05, 0) is 37.1 Å². The van der Waals surface area contributed by atoms with E-state index in [2.05, 4.69) is 5.32 Å². The molecule has 2 rings (SSSR count). The van der Waals surface area contributed by atoms with Crippen molar-refractivity contribution in [2.45, 2.75) is 13.8 Å². The van der Waals surface area contributed by atoms with Crippen LogP contribution >= 0.6 is 0 Å². The Morgan fingerprint density at radius 3 is 2.10 bits per heavy atom. The molecule has 0 bridgehead atoms. The van der Waals surface area contributed by atoms with E-state index in [0.717, 1.165) is 23.3 Å². The largest absolute Gasteiger partial charge is 0.394 e. The van der Waals surface area contributed by atoms with Crippen molar-refractivity contribution in [1.29, 1.82) is 0 Å². The number of rotatable bonds is 2. The zero-order valence-corrected chi connectivity index (χ0v) is 11.1. The first kappa shape index (κ1) is 14.0. The van der Waals surface area contributed by atoms with Crippen molar-refractivity contribution in [3.8, 4) is 0 Å². The van der Waals surface area contributed by atoms with Crippen LogP contribution in [0.4, 0.5) is 20.2 Å². The summed E-state index contributed by atoms with van der Waals surface area (Å²) < 4.78 is 26.7. The lowest BCUT2D eigenvalue weighted by Crippen LogP contribution is -2.15. The molecule has 2 aromatic rings. The number of hydrogen-bond donors (Lipinski definition) is 2. The van der Waals surface area contributed by atoms with Crippen LogP contribution in [0.5, 0.6) is 0 Å². The van der Waals surface area contributed by atoms with Crippen LogP contribution in [-0.4, -0.2) is 5.91 Å². The molecular weight excluding hydrogens is 262 g/mol. The fraction of sp³-hybridized carbons (Fsp3) is 0.133. The summed E-state index contributed by atoms with van der Waals surface area (Å²) in [5.41, 5.74) is 6.84. The molecule has 0 aromatic heterocycles. The number of amides is 1. The lowest BCUT2D eigenvalue weighted by Gasteiger charge is -2.12. The maximum atomic E-state index is 13.4. The molecule has 0 radical (unpaired) electrons. The SMILES string of the molecule is Cc1cccc(C)c1NC(=O)c1cc(F)c(N)c(F)c1. The van der Waals surface area contributed by atoms with Gasteiger partial charge in [0.2, 0.25) is 0 Å². The molecule has 0 saturated heterocycles. The molecule has 104 valence electrons. The van der Waals surface area contributed by atoms with E-state index in [9.17, 15) is 13.6 Å². The predicted molar refractivity (Wildman–Crippen MR) is 74.6 cm³/mol. The maximum absolute atomic E-state index is 13.4. The summed E-state index contributed by atoms with van der Waals surface area (Å²) >= 11 is 0. The number of anilines is 2. The van der Waals surface area contributed by atoms with Crippen molar-refractivity contribution in [2.75, 3.05) is 11.1 Å². The van der Waals surface area contributed by atoms with Gasteiger partial charge in [0.1, 0.15) is 17.3 Å². The Morgan fingerprint density at radius 1 is 1.10 bits per heavy atom. The quantitative estimate of drug-likeness (QED) is 0.826. The Morgan fingerprint density at radius 2 is 1.60 bits per heavy atom. The summed E-state index contributed by atoms with van der Waals surface area (Å²) in [7, 11) is 0. The molecule has 3 N–H and O–H groups in total. The Labute approximate surface area is 115 Å². The first-order chi connectivity index (χ1) is 9.40. The third-order valence-corrected chi connectivity index (χ3v) is 3.06. The molecule has 0 fully saturated rings. The molecule has 1 amide bonds. The second-order valence-electron chi connectivity index (χ2n) is 4.57. The third-order valence-electron chi connectivity index (χ3n) is 3.06. The minimum atomic E-state index is -0.948. The van der Waals surface area contributed by atoms with Gasteiger partial charge < -0.3 is 11.1 Å². The number of halogens is 2. The highest BCUT2D eigenvalue weighted by Crippen LogP contribution is 2.22. The molecule has 0 unspecified atom stereocenters. The van der Waals surface area contributed by atoms with Crippen LogP contribution in [0.15, 0.2) is 30.3 Å². The molecule has 5 heteroatoms. The minimum Gasteiger partial charge on any atom is -0.394 e. The summed E-state index contributed by atoms with van der Waals surface area (Å²) in [6, 6.07) is 7.38. The monoisotopic (exact) mass is 276 g/mol. The fourth-order valence-corrected chi connectivity index (χ4v) is 1.91. The van der Waals surface area contributed by atoms with Gasteiger partial charge >= 0.3 is 0 Å². The highest BCUT2D eigenvalue weighted by Gasteiger charge is 2.14.